The summed E-state index contributed by atoms with van der Waals surface area (Å²) >= 11 is 0. The zero-order chi connectivity index (χ0) is 14.6. The van der Waals surface area contributed by atoms with Crippen LogP contribution in [0.5, 0.6) is 0 Å². The van der Waals surface area contributed by atoms with Gasteiger partial charge in [-0.2, -0.15) is 0 Å². The standard InChI is InChI=1S/C14H26N2O3/c1-5-10(4)12(13(17)18)15-14(19)16(9(2)3)8-11-6-7-11/h9-12H,5-8H2,1-4H3,(H,15,19)(H,17,18)/t10-,12-/m0/s1. The molecule has 2 N–H and O–H groups in total. The van der Waals surface area contributed by atoms with Crippen LogP contribution in [0.1, 0.15) is 47.0 Å². The fourth-order valence-electron chi connectivity index (χ4n) is 2.01. The molecule has 0 bridgehead atoms. The average molecular weight is 270 g/mol. The number of nitrogens with zero attached hydrogens (tertiary/aromatic N) is 1. The molecule has 1 aliphatic rings. The van der Waals surface area contributed by atoms with Gasteiger partial charge in [-0.1, -0.05) is 20.3 Å². The van der Waals surface area contributed by atoms with E-state index in [9.17, 15) is 14.7 Å². The summed E-state index contributed by atoms with van der Waals surface area (Å²) in [4.78, 5) is 25.2. The maximum atomic E-state index is 12.2. The third-order valence-corrected chi connectivity index (χ3v) is 3.79. The quantitative estimate of drug-likeness (QED) is 0.746. The van der Waals surface area contributed by atoms with Crippen molar-refractivity contribution in [3.63, 3.8) is 0 Å². The lowest BCUT2D eigenvalue weighted by atomic mass is 9.99. The molecule has 0 aromatic heterocycles. The number of carboxylic acids is 1. The second-order valence-electron chi connectivity index (χ2n) is 5.84. The SMILES string of the molecule is CC[C@H](C)[C@H](NC(=O)N(CC1CC1)C(C)C)C(=O)O. The first-order valence-corrected chi connectivity index (χ1v) is 7.16. The molecule has 0 saturated heterocycles. The highest BCUT2D eigenvalue weighted by atomic mass is 16.4. The van der Waals surface area contributed by atoms with Gasteiger partial charge in [0.05, 0.1) is 0 Å². The number of hydrogen-bond donors (Lipinski definition) is 2. The minimum atomic E-state index is -0.960. The van der Waals surface area contributed by atoms with E-state index in [1.807, 2.05) is 27.7 Å². The van der Waals surface area contributed by atoms with E-state index in [1.54, 1.807) is 4.90 Å². The van der Waals surface area contributed by atoms with Gasteiger partial charge in [-0.25, -0.2) is 9.59 Å². The van der Waals surface area contributed by atoms with Gasteiger partial charge in [0, 0.05) is 12.6 Å². The van der Waals surface area contributed by atoms with Crippen molar-refractivity contribution in [3.05, 3.63) is 0 Å². The van der Waals surface area contributed by atoms with Gasteiger partial charge in [0.1, 0.15) is 6.04 Å². The summed E-state index contributed by atoms with van der Waals surface area (Å²) in [5, 5.41) is 11.9. The third kappa shape index (κ3) is 4.73. The molecule has 0 aliphatic heterocycles. The van der Waals surface area contributed by atoms with Crippen LogP contribution in [0.4, 0.5) is 4.79 Å². The number of amides is 2. The highest BCUT2D eigenvalue weighted by molar-refractivity contribution is 5.83. The molecule has 0 radical (unpaired) electrons. The van der Waals surface area contributed by atoms with Crippen LogP contribution in [0, 0.1) is 11.8 Å². The number of hydrogen-bond acceptors (Lipinski definition) is 2. The van der Waals surface area contributed by atoms with Crippen molar-refractivity contribution in [2.24, 2.45) is 11.8 Å². The molecule has 1 aliphatic carbocycles. The molecule has 1 rings (SSSR count). The normalized spacial score (nSPS) is 17.9. The first-order chi connectivity index (χ1) is 8.86. The van der Waals surface area contributed by atoms with Crippen LogP contribution in [0.3, 0.4) is 0 Å². The van der Waals surface area contributed by atoms with Gasteiger partial charge in [0.2, 0.25) is 0 Å². The van der Waals surface area contributed by atoms with Crippen LogP contribution in [-0.2, 0) is 4.79 Å². The van der Waals surface area contributed by atoms with Crippen LogP contribution >= 0.6 is 0 Å². The molecule has 5 nitrogen and oxygen atoms in total. The van der Waals surface area contributed by atoms with Gasteiger partial charge in [-0.15, -0.1) is 0 Å². The number of urea groups is 1. The first-order valence-electron chi connectivity index (χ1n) is 7.16. The van der Waals surface area contributed by atoms with Gasteiger partial charge in [-0.3, -0.25) is 0 Å². The van der Waals surface area contributed by atoms with Crippen molar-refractivity contribution >= 4 is 12.0 Å². The van der Waals surface area contributed by atoms with Crippen molar-refractivity contribution in [2.75, 3.05) is 6.54 Å². The summed E-state index contributed by atoms with van der Waals surface area (Å²) in [6, 6.07) is -0.973. The van der Waals surface area contributed by atoms with Crippen LogP contribution in [0.25, 0.3) is 0 Å². The fourth-order valence-corrected chi connectivity index (χ4v) is 2.01. The van der Waals surface area contributed by atoms with E-state index < -0.39 is 12.0 Å². The van der Waals surface area contributed by atoms with E-state index in [4.69, 9.17) is 0 Å². The summed E-state index contributed by atoms with van der Waals surface area (Å²) in [7, 11) is 0. The molecule has 19 heavy (non-hydrogen) atoms. The summed E-state index contributed by atoms with van der Waals surface area (Å²) in [5.74, 6) is -0.436. The second kappa shape index (κ2) is 6.78. The molecular weight excluding hydrogens is 244 g/mol. The molecule has 0 heterocycles. The number of rotatable bonds is 7. The fraction of sp³-hybridized carbons (Fsp3) is 0.857. The maximum absolute atomic E-state index is 12.2. The average Bonchev–Trinajstić information content (AvgIpc) is 3.14. The second-order valence-corrected chi connectivity index (χ2v) is 5.84. The van der Waals surface area contributed by atoms with Crippen molar-refractivity contribution < 1.29 is 14.7 Å². The summed E-state index contributed by atoms with van der Waals surface area (Å²) in [6.07, 6.45) is 3.07. The Balaban J connectivity index is 2.64. The zero-order valence-corrected chi connectivity index (χ0v) is 12.3. The third-order valence-electron chi connectivity index (χ3n) is 3.79. The lowest BCUT2D eigenvalue weighted by Gasteiger charge is -2.30. The van der Waals surface area contributed by atoms with Gasteiger partial charge in [-0.05, 0) is 38.5 Å². The van der Waals surface area contributed by atoms with Crippen LogP contribution in [0.15, 0.2) is 0 Å². The molecule has 110 valence electrons. The Kier molecular flexibility index (Phi) is 5.63. The predicted octanol–water partition coefficient (Wildman–Crippen LogP) is 2.32. The molecule has 1 fully saturated rings. The molecule has 0 aromatic carbocycles. The van der Waals surface area contributed by atoms with E-state index in [-0.39, 0.29) is 18.0 Å². The predicted molar refractivity (Wildman–Crippen MR) is 74.0 cm³/mol. The van der Waals surface area contributed by atoms with Crippen LogP contribution in [0.2, 0.25) is 0 Å². The van der Waals surface area contributed by atoms with E-state index in [0.717, 1.165) is 13.0 Å². The zero-order valence-electron chi connectivity index (χ0n) is 12.3. The Morgan fingerprint density at radius 2 is 1.89 bits per heavy atom. The van der Waals surface area contributed by atoms with Crippen molar-refractivity contribution in [1.29, 1.82) is 0 Å². The van der Waals surface area contributed by atoms with Gasteiger partial charge >= 0.3 is 12.0 Å². The Morgan fingerprint density at radius 3 is 2.26 bits per heavy atom. The van der Waals surface area contributed by atoms with Crippen molar-refractivity contribution in [3.8, 4) is 0 Å². The molecule has 5 heteroatoms. The molecule has 1 saturated carbocycles. The Bertz CT molecular complexity index is 327. The smallest absolute Gasteiger partial charge is 0.326 e. The largest absolute Gasteiger partial charge is 0.480 e. The Hall–Kier alpha value is -1.26. The summed E-state index contributed by atoms with van der Waals surface area (Å²) in [6.45, 7) is 8.43. The topological polar surface area (TPSA) is 69.6 Å². The van der Waals surface area contributed by atoms with E-state index in [0.29, 0.717) is 5.92 Å². The lowest BCUT2D eigenvalue weighted by molar-refractivity contribution is -0.140. The Morgan fingerprint density at radius 1 is 1.32 bits per heavy atom. The van der Waals surface area contributed by atoms with E-state index in [2.05, 4.69) is 5.32 Å². The number of carboxylic acid groups (broad SMARTS) is 1. The molecule has 0 unspecified atom stereocenters. The van der Waals surface area contributed by atoms with Gasteiger partial charge in [0.15, 0.2) is 0 Å². The van der Waals surface area contributed by atoms with Gasteiger partial charge in [0.25, 0.3) is 0 Å². The van der Waals surface area contributed by atoms with Crippen LogP contribution in [-0.4, -0.2) is 40.6 Å². The van der Waals surface area contributed by atoms with Crippen molar-refractivity contribution in [2.45, 2.75) is 59.0 Å². The molecule has 0 aromatic rings. The molecule has 2 amide bonds. The first kappa shape index (κ1) is 15.8. The summed E-state index contributed by atoms with van der Waals surface area (Å²) in [5.41, 5.74) is 0. The van der Waals surface area contributed by atoms with Gasteiger partial charge < -0.3 is 15.3 Å². The molecular formula is C14H26N2O3. The minimum Gasteiger partial charge on any atom is -0.480 e. The number of carbonyl (C=O) groups excluding carboxylic acids is 1. The monoisotopic (exact) mass is 270 g/mol. The Labute approximate surface area is 115 Å². The number of carbonyl (C=O) groups is 2. The molecule has 2 atom stereocenters. The molecule has 0 spiro atoms. The number of aliphatic carboxylic acids is 1. The minimum absolute atomic E-state index is 0.0728. The number of nitrogens with one attached hydrogen (secondary N) is 1. The van der Waals surface area contributed by atoms with E-state index >= 15 is 0 Å². The highest BCUT2D eigenvalue weighted by Gasteiger charge is 2.31. The van der Waals surface area contributed by atoms with E-state index in [1.165, 1.54) is 12.8 Å². The maximum Gasteiger partial charge on any atom is 0.326 e. The summed E-state index contributed by atoms with van der Waals surface area (Å²) < 4.78 is 0. The highest BCUT2D eigenvalue weighted by Crippen LogP contribution is 2.30. The van der Waals surface area contributed by atoms with Crippen LogP contribution < -0.4 is 5.32 Å². The van der Waals surface area contributed by atoms with Crippen molar-refractivity contribution in [1.82, 2.24) is 10.2 Å². The lowest BCUT2D eigenvalue weighted by Crippen LogP contribution is -2.52.